The van der Waals surface area contributed by atoms with E-state index in [1.165, 1.54) is 6.07 Å². The number of methoxy groups -OCH3 is 2. The van der Waals surface area contributed by atoms with Crippen molar-refractivity contribution >= 4 is 10.9 Å². The molecule has 2 N–H and O–H groups in total. The van der Waals surface area contributed by atoms with E-state index in [2.05, 4.69) is 10.3 Å². The fourth-order valence-corrected chi connectivity index (χ4v) is 3.75. The summed E-state index contributed by atoms with van der Waals surface area (Å²) in [7, 11) is 3.21. The van der Waals surface area contributed by atoms with Gasteiger partial charge in [-0.1, -0.05) is 6.07 Å². The normalized spacial score (nSPS) is 16.5. The molecule has 0 fully saturated rings. The molecular formula is C20H20F2N2O2. The molecule has 26 heavy (non-hydrogen) atoms. The second-order valence-electron chi connectivity index (χ2n) is 6.48. The first-order chi connectivity index (χ1) is 12.6. The number of benzene rings is 2. The fraction of sp³-hybridized carbons (Fsp3) is 0.300. The molecule has 2 heterocycles. The molecule has 136 valence electrons. The van der Waals surface area contributed by atoms with Gasteiger partial charge in [-0.25, -0.2) is 8.78 Å². The van der Waals surface area contributed by atoms with Crippen molar-refractivity contribution in [3.05, 3.63) is 58.8 Å². The summed E-state index contributed by atoms with van der Waals surface area (Å²) < 4.78 is 38.4. The first-order valence-corrected chi connectivity index (χ1v) is 8.54. The Hall–Kier alpha value is -2.60. The van der Waals surface area contributed by atoms with Crippen LogP contribution in [0, 0.1) is 11.6 Å². The van der Waals surface area contributed by atoms with Crippen molar-refractivity contribution < 1.29 is 18.3 Å². The van der Waals surface area contributed by atoms with Gasteiger partial charge >= 0.3 is 0 Å². The number of rotatable bonds is 4. The number of nitrogens with one attached hydrogen (secondary N) is 2. The molecule has 0 spiro atoms. The number of aromatic amines is 1. The lowest BCUT2D eigenvalue weighted by atomic mass is 9.94. The highest BCUT2D eigenvalue weighted by atomic mass is 19.1. The van der Waals surface area contributed by atoms with Crippen molar-refractivity contribution in [3.8, 4) is 11.5 Å². The van der Waals surface area contributed by atoms with Crippen LogP contribution in [0.25, 0.3) is 10.9 Å². The maximum atomic E-state index is 14.1. The van der Waals surface area contributed by atoms with Gasteiger partial charge in [0.15, 0.2) is 11.5 Å². The zero-order chi connectivity index (χ0) is 18.3. The van der Waals surface area contributed by atoms with Crippen molar-refractivity contribution in [2.24, 2.45) is 0 Å². The first kappa shape index (κ1) is 16.8. The van der Waals surface area contributed by atoms with Gasteiger partial charge in [0.25, 0.3) is 0 Å². The molecule has 1 aliphatic rings. The topological polar surface area (TPSA) is 46.3 Å². The fourth-order valence-electron chi connectivity index (χ4n) is 3.75. The van der Waals surface area contributed by atoms with E-state index in [0.717, 1.165) is 35.9 Å². The summed E-state index contributed by atoms with van der Waals surface area (Å²) in [4.78, 5) is 3.17. The number of ether oxygens (including phenoxy) is 2. The van der Waals surface area contributed by atoms with E-state index in [0.29, 0.717) is 28.8 Å². The van der Waals surface area contributed by atoms with Crippen LogP contribution in [0.5, 0.6) is 11.5 Å². The van der Waals surface area contributed by atoms with Crippen LogP contribution in [0.4, 0.5) is 8.78 Å². The molecule has 1 atom stereocenters. The van der Waals surface area contributed by atoms with Crippen LogP contribution in [-0.2, 0) is 12.8 Å². The summed E-state index contributed by atoms with van der Waals surface area (Å²) in [5.74, 6) is 0.244. The molecule has 0 aliphatic carbocycles. The van der Waals surface area contributed by atoms with Crippen molar-refractivity contribution in [3.63, 3.8) is 0 Å². The van der Waals surface area contributed by atoms with Gasteiger partial charge in [0.05, 0.1) is 25.8 Å². The third-order valence-electron chi connectivity index (χ3n) is 4.97. The molecule has 0 amide bonds. The Kier molecular flexibility index (Phi) is 4.28. The van der Waals surface area contributed by atoms with Gasteiger partial charge in [-0.05, 0) is 48.7 Å². The summed E-state index contributed by atoms with van der Waals surface area (Å²) >= 11 is 0. The van der Waals surface area contributed by atoms with Gasteiger partial charge in [0, 0.05) is 17.1 Å². The van der Waals surface area contributed by atoms with E-state index >= 15 is 0 Å². The van der Waals surface area contributed by atoms with Crippen LogP contribution in [0.1, 0.15) is 22.9 Å². The Bertz CT molecular complexity index is 968. The number of fused-ring (bicyclic) bond motifs is 3. The Morgan fingerprint density at radius 1 is 1.08 bits per heavy atom. The Morgan fingerprint density at radius 3 is 2.65 bits per heavy atom. The van der Waals surface area contributed by atoms with Gasteiger partial charge in [-0.2, -0.15) is 0 Å². The molecule has 2 aromatic carbocycles. The lowest BCUT2D eigenvalue weighted by Gasteiger charge is -2.24. The summed E-state index contributed by atoms with van der Waals surface area (Å²) in [6.45, 7) is 0.760. The van der Waals surface area contributed by atoms with E-state index in [1.54, 1.807) is 14.2 Å². The van der Waals surface area contributed by atoms with Crippen LogP contribution >= 0.6 is 0 Å². The summed E-state index contributed by atoms with van der Waals surface area (Å²) in [5, 5.41) is 4.10. The second kappa shape index (κ2) is 6.61. The third kappa shape index (κ3) is 2.80. The minimum Gasteiger partial charge on any atom is -0.493 e. The molecule has 3 aromatic rings. The lowest BCUT2D eigenvalue weighted by Crippen LogP contribution is -2.31. The van der Waals surface area contributed by atoms with Gasteiger partial charge in [-0.3, -0.25) is 0 Å². The quantitative estimate of drug-likeness (QED) is 0.744. The standard InChI is InChI=1S/C20H20F2N2O2/c1-25-17-4-3-11(8-18(17)26-2)7-16-20-13(5-6-23-16)14-9-12(21)10-15(22)19(14)24-20/h3-4,8-10,16,23-24H,5-7H2,1-2H3. The average molecular weight is 358 g/mol. The van der Waals surface area contributed by atoms with Gasteiger partial charge in [0.2, 0.25) is 0 Å². The van der Waals surface area contributed by atoms with E-state index in [9.17, 15) is 8.78 Å². The van der Waals surface area contributed by atoms with Crippen molar-refractivity contribution in [2.75, 3.05) is 20.8 Å². The van der Waals surface area contributed by atoms with Crippen LogP contribution in [0.2, 0.25) is 0 Å². The molecule has 0 radical (unpaired) electrons. The van der Waals surface area contributed by atoms with Gasteiger partial charge in [-0.15, -0.1) is 0 Å². The molecule has 1 unspecified atom stereocenters. The van der Waals surface area contributed by atoms with Crippen LogP contribution < -0.4 is 14.8 Å². The SMILES string of the molecule is COc1ccc(CC2NCCc3c2[nH]c2c(F)cc(F)cc32)cc1OC. The molecule has 0 saturated heterocycles. The molecule has 4 rings (SSSR count). The molecule has 4 nitrogen and oxygen atoms in total. The van der Waals surface area contributed by atoms with Crippen LogP contribution in [0.3, 0.4) is 0 Å². The summed E-state index contributed by atoms with van der Waals surface area (Å²) in [6.07, 6.45) is 1.44. The predicted octanol–water partition coefficient (Wildman–Crippen LogP) is 3.89. The lowest BCUT2D eigenvalue weighted by molar-refractivity contribution is 0.354. The zero-order valence-electron chi connectivity index (χ0n) is 14.7. The molecular weight excluding hydrogens is 338 g/mol. The van der Waals surface area contributed by atoms with E-state index in [4.69, 9.17) is 9.47 Å². The number of halogens is 2. The number of hydrogen-bond acceptors (Lipinski definition) is 3. The third-order valence-corrected chi connectivity index (χ3v) is 4.97. The Labute approximate surface area is 150 Å². The molecule has 1 aliphatic heterocycles. The van der Waals surface area contributed by atoms with Crippen molar-refractivity contribution in [1.82, 2.24) is 10.3 Å². The smallest absolute Gasteiger partial charge is 0.160 e. The molecule has 6 heteroatoms. The summed E-state index contributed by atoms with van der Waals surface area (Å²) in [5.41, 5.74) is 3.35. The minimum atomic E-state index is -0.556. The Balaban J connectivity index is 1.71. The minimum absolute atomic E-state index is 0.00767. The highest BCUT2D eigenvalue weighted by Gasteiger charge is 2.25. The average Bonchev–Trinajstić information content (AvgIpc) is 3.02. The van der Waals surface area contributed by atoms with Crippen LogP contribution in [-0.4, -0.2) is 25.7 Å². The van der Waals surface area contributed by atoms with Crippen molar-refractivity contribution in [1.29, 1.82) is 0 Å². The molecule has 0 bridgehead atoms. The van der Waals surface area contributed by atoms with Gasteiger partial charge in [0.1, 0.15) is 11.6 Å². The first-order valence-electron chi connectivity index (χ1n) is 8.54. The van der Waals surface area contributed by atoms with E-state index < -0.39 is 11.6 Å². The Morgan fingerprint density at radius 2 is 1.88 bits per heavy atom. The molecule has 1 aromatic heterocycles. The van der Waals surface area contributed by atoms with E-state index in [-0.39, 0.29) is 6.04 Å². The highest BCUT2D eigenvalue weighted by molar-refractivity contribution is 5.85. The summed E-state index contributed by atoms with van der Waals surface area (Å²) in [6, 6.07) is 8.12. The number of H-pyrrole nitrogens is 1. The number of hydrogen-bond donors (Lipinski definition) is 2. The highest BCUT2D eigenvalue weighted by Crippen LogP contribution is 2.35. The monoisotopic (exact) mass is 358 g/mol. The van der Waals surface area contributed by atoms with Crippen LogP contribution in [0.15, 0.2) is 30.3 Å². The van der Waals surface area contributed by atoms with E-state index in [1.807, 2.05) is 18.2 Å². The molecule has 0 saturated carbocycles. The predicted molar refractivity (Wildman–Crippen MR) is 95.9 cm³/mol. The maximum Gasteiger partial charge on any atom is 0.160 e. The van der Waals surface area contributed by atoms with Crippen molar-refractivity contribution in [2.45, 2.75) is 18.9 Å². The largest absolute Gasteiger partial charge is 0.493 e. The maximum absolute atomic E-state index is 14.1. The number of aromatic nitrogens is 1. The second-order valence-corrected chi connectivity index (χ2v) is 6.48. The zero-order valence-corrected chi connectivity index (χ0v) is 14.7. The van der Waals surface area contributed by atoms with Gasteiger partial charge < -0.3 is 19.8 Å².